The second kappa shape index (κ2) is 4.74. The zero-order chi connectivity index (χ0) is 13.4. The lowest BCUT2D eigenvalue weighted by molar-refractivity contribution is 0.831. The number of nitrogens with one attached hydrogen (secondary N) is 1. The van der Waals surface area contributed by atoms with Crippen LogP contribution in [0.4, 0.5) is 0 Å². The second-order valence-corrected chi connectivity index (χ2v) is 5.14. The summed E-state index contributed by atoms with van der Waals surface area (Å²) >= 11 is 9.58. The first-order valence-electron chi connectivity index (χ1n) is 5.28. The van der Waals surface area contributed by atoms with Gasteiger partial charge in [0, 0.05) is 0 Å². The predicted octanol–water partition coefficient (Wildman–Crippen LogP) is 3.19. The largest absolute Gasteiger partial charge is 0.384 e. The highest BCUT2D eigenvalue weighted by Crippen LogP contribution is 2.27. The molecule has 1 aromatic heterocycles. The van der Waals surface area contributed by atoms with Gasteiger partial charge in [-0.2, -0.15) is 5.10 Å². The predicted molar refractivity (Wildman–Crippen MR) is 76.8 cm³/mol. The van der Waals surface area contributed by atoms with Gasteiger partial charge in [0.1, 0.15) is 5.84 Å². The summed E-state index contributed by atoms with van der Waals surface area (Å²) in [4.78, 5) is 0. The third-order valence-corrected chi connectivity index (χ3v) is 4.15. The highest BCUT2D eigenvalue weighted by atomic mass is 79.9. The Hall–Kier alpha value is -1.33. The molecule has 0 aliphatic carbocycles. The van der Waals surface area contributed by atoms with Gasteiger partial charge >= 0.3 is 0 Å². The van der Waals surface area contributed by atoms with Crippen LogP contribution < -0.4 is 5.73 Å². The van der Waals surface area contributed by atoms with Gasteiger partial charge in [-0.3, -0.25) is 5.41 Å². The molecule has 0 saturated heterocycles. The lowest BCUT2D eigenvalue weighted by Crippen LogP contribution is -2.16. The molecule has 0 atom stereocenters. The minimum Gasteiger partial charge on any atom is -0.384 e. The van der Waals surface area contributed by atoms with E-state index in [1.807, 2.05) is 26.0 Å². The molecular formula is C12H12BrClN4. The first-order chi connectivity index (χ1) is 8.43. The van der Waals surface area contributed by atoms with E-state index in [4.69, 9.17) is 22.7 Å². The van der Waals surface area contributed by atoms with E-state index in [0.717, 1.165) is 15.9 Å². The molecule has 0 aliphatic rings. The summed E-state index contributed by atoms with van der Waals surface area (Å²) in [5, 5.41) is 12.5. The minimum absolute atomic E-state index is 0.0701. The van der Waals surface area contributed by atoms with Crippen molar-refractivity contribution in [2.75, 3.05) is 0 Å². The normalized spacial score (nSPS) is 10.7. The first-order valence-corrected chi connectivity index (χ1v) is 6.45. The quantitative estimate of drug-likeness (QED) is 0.657. The van der Waals surface area contributed by atoms with E-state index in [2.05, 4.69) is 21.0 Å². The van der Waals surface area contributed by atoms with Crippen LogP contribution >= 0.6 is 27.5 Å². The molecule has 6 heteroatoms. The van der Waals surface area contributed by atoms with Gasteiger partial charge in [0.15, 0.2) is 0 Å². The molecule has 0 aliphatic heterocycles. The number of nitrogen functional groups attached to an aromatic ring is 1. The number of hydrogen-bond donors (Lipinski definition) is 2. The number of nitrogens with two attached hydrogens (primary N) is 1. The third-order valence-electron chi connectivity index (χ3n) is 2.69. The Morgan fingerprint density at radius 1 is 1.44 bits per heavy atom. The molecule has 2 aromatic rings. The van der Waals surface area contributed by atoms with Crippen LogP contribution in [-0.2, 0) is 0 Å². The molecule has 1 heterocycles. The van der Waals surface area contributed by atoms with Crippen molar-refractivity contribution in [3.8, 4) is 5.69 Å². The van der Waals surface area contributed by atoms with Gasteiger partial charge in [0.25, 0.3) is 0 Å². The standard InChI is InChI=1S/C12H12BrClN4/c1-6-11(13)7(2)18(17-6)9-5-3-4-8(14)10(9)12(15)16/h3-5H,1-2H3,(H3,15,16). The Bertz CT molecular complexity index is 633. The highest BCUT2D eigenvalue weighted by Gasteiger charge is 2.16. The molecule has 0 bridgehead atoms. The van der Waals surface area contributed by atoms with Gasteiger partial charge in [-0.25, -0.2) is 4.68 Å². The van der Waals surface area contributed by atoms with E-state index < -0.39 is 0 Å². The Morgan fingerprint density at radius 3 is 2.61 bits per heavy atom. The van der Waals surface area contributed by atoms with Crippen LogP contribution in [-0.4, -0.2) is 15.6 Å². The summed E-state index contributed by atoms with van der Waals surface area (Å²) in [5.41, 5.74) is 8.62. The fourth-order valence-electron chi connectivity index (χ4n) is 1.81. The van der Waals surface area contributed by atoms with Gasteiger partial charge < -0.3 is 5.73 Å². The molecule has 0 radical (unpaired) electrons. The van der Waals surface area contributed by atoms with Gasteiger partial charge in [-0.15, -0.1) is 0 Å². The summed E-state index contributed by atoms with van der Waals surface area (Å²) in [6, 6.07) is 5.37. The number of aryl methyl sites for hydroxylation is 1. The molecule has 0 spiro atoms. The summed E-state index contributed by atoms with van der Waals surface area (Å²) < 4.78 is 2.68. The number of rotatable bonds is 2. The Kier molecular flexibility index (Phi) is 3.45. The average molecular weight is 328 g/mol. The van der Waals surface area contributed by atoms with E-state index in [1.54, 1.807) is 10.7 Å². The van der Waals surface area contributed by atoms with Crippen molar-refractivity contribution in [2.45, 2.75) is 13.8 Å². The highest BCUT2D eigenvalue weighted by molar-refractivity contribution is 9.10. The van der Waals surface area contributed by atoms with E-state index >= 15 is 0 Å². The molecule has 4 nitrogen and oxygen atoms in total. The fraction of sp³-hybridized carbons (Fsp3) is 0.167. The number of nitrogens with zero attached hydrogens (tertiary/aromatic N) is 2. The summed E-state index contributed by atoms with van der Waals surface area (Å²) in [5.74, 6) is -0.0701. The SMILES string of the molecule is Cc1nn(-c2cccc(Cl)c2C(=N)N)c(C)c1Br. The first kappa shape index (κ1) is 13.1. The van der Waals surface area contributed by atoms with Gasteiger partial charge in [-0.05, 0) is 41.9 Å². The zero-order valence-corrected chi connectivity index (χ0v) is 12.3. The summed E-state index contributed by atoms with van der Waals surface area (Å²) in [6.07, 6.45) is 0. The fourth-order valence-corrected chi connectivity index (χ4v) is 2.33. The summed E-state index contributed by atoms with van der Waals surface area (Å²) in [6.45, 7) is 3.85. The molecule has 0 amide bonds. The molecular weight excluding hydrogens is 316 g/mol. The van der Waals surface area contributed by atoms with Crippen molar-refractivity contribution in [2.24, 2.45) is 5.73 Å². The molecule has 18 heavy (non-hydrogen) atoms. The van der Waals surface area contributed by atoms with Crippen molar-refractivity contribution in [1.82, 2.24) is 9.78 Å². The average Bonchev–Trinajstić information content (AvgIpc) is 2.56. The smallest absolute Gasteiger partial charge is 0.126 e. The minimum atomic E-state index is -0.0701. The lowest BCUT2D eigenvalue weighted by atomic mass is 10.1. The van der Waals surface area contributed by atoms with Crippen molar-refractivity contribution in [3.05, 3.63) is 44.6 Å². The van der Waals surface area contributed by atoms with E-state index in [-0.39, 0.29) is 5.84 Å². The molecule has 94 valence electrons. The number of amidine groups is 1. The van der Waals surface area contributed by atoms with E-state index in [1.165, 1.54) is 0 Å². The van der Waals surface area contributed by atoms with Crippen LogP contribution in [0.25, 0.3) is 5.69 Å². The maximum atomic E-state index is 7.64. The van der Waals surface area contributed by atoms with Crippen LogP contribution in [0.1, 0.15) is 17.0 Å². The molecule has 0 fully saturated rings. The lowest BCUT2D eigenvalue weighted by Gasteiger charge is -2.11. The van der Waals surface area contributed by atoms with Crippen LogP contribution in [0.15, 0.2) is 22.7 Å². The van der Waals surface area contributed by atoms with Gasteiger partial charge in [0.05, 0.1) is 32.1 Å². The molecule has 3 N–H and O–H groups in total. The number of aromatic nitrogens is 2. The topological polar surface area (TPSA) is 67.7 Å². The maximum Gasteiger partial charge on any atom is 0.126 e. The molecule has 2 rings (SSSR count). The van der Waals surface area contributed by atoms with Crippen molar-refractivity contribution < 1.29 is 0 Å². The summed E-state index contributed by atoms with van der Waals surface area (Å²) in [7, 11) is 0. The molecule has 1 aromatic carbocycles. The Morgan fingerprint density at radius 2 is 2.11 bits per heavy atom. The Labute approximate surface area is 118 Å². The molecule has 0 saturated carbocycles. The zero-order valence-electron chi connectivity index (χ0n) is 9.96. The number of hydrogen-bond acceptors (Lipinski definition) is 2. The monoisotopic (exact) mass is 326 g/mol. The van der Waals surface area contributed by atoms with E-state index in [0.29, 0.717) is 16.3 Å². The number of halogens is 2. The van der Waals surface area contributed by atoms with Gasteiger partial charge in [0.2, 0.25) is 0 Å². The maximum absolute atomic E-state index is 7.64. The molecule has 0 unspecified atom stereocenters. The van der Waals surface area contributed by atoms with Crippen molar-refractivity contribution in [3.63, 3.8) is 0 Å². The third kappa shape index (κ3) is 2.04. The van der Waals surface area contributed by atoms with Crippen LogP contribution in [0, 0.1) is 19.3 Å². The van der Waals surface area contributed by atoms with Crippen LogP contribution in [0.2, 0.25) is 5.02 Å². The van der Waals surface area contributed by atoms with Gasteiger partial charge in [-0.1, -0.05) is 17.7 Å². The van der Waals surface area contributed by atoms with Crippen LogP contribution in [0.5, 0.6) is 0 Å². The number of benzene rings is 1. The second-order valence-electron chi connectivity index (χ2n) is 3.94. The van der Waals surface area contributed by atoms with E-state index in [9.17, 15) is 0 Å². The van der Waals surface area contributed by atoms with Crippen molar-refractivity contribution >= 4 is 33.4 Å². The Balaban J connectivity index is 2.75. The van der Waals surface area contributed by atoms with Crippen molar-refractivity contribution in [1.29, 1.82) is 5.41 Å². The van der Waals surface area contributed by atoms with Crippen LogP contribution in [0.3, 0.4) is 0 Å².